The molecule has 4 nitrogen and oxygen atoms in total. The summed E-state index contributed by atoms with van der Waals surface area (Å²) in [6, 6.07) is 5.15. The van der Waals surface area contributed by atoms with E-state index >= 15 is 0 Å². The van der Waals surface area contributed by atoms with Crippen LogP contribution in [-0.2, 0) is 7.05 Å². The van der Waals surface area contributed by atoms with Gasteiger partial charge in [-0.2, -0.15) is 8.78 Å². The molecule has 0 N–H and O–H groups in total. The second-order valence-corrected chi connectivity index (χ2v) is 6.20. The van der Waals surface area contributed by atoms with Gasteiger partial charge < -0.3 is 9.30 Å². The van der Waals surface area contributed by atoms with Gasteiger partial charge in [0.25, 0.3) is 0 Å². The molecule has 132 valence electrons. The third-order valence-corrected chi connectivity index (χ3v) is 4.38. The second-order valence-electron chi connectivity index (χ2n) is 6.20. The van der Waals surface area contributed by atoms with Crippen molar-refractivity contribution in [1.29, 1.82) is 0 Å². The van der Waals surface area contributed by atoms with E-state index in [-0.39, 0.29) is 11.7 Å². The number of rotatable bonds is 4. The highest BCUT2D eigenvalue weighted by Crippen LogP contribution is 2.31. The summed E-state index contributed by atoms with van der Waals surface area (Å²) < 4.78 is 32.1. The highest BCUT2D eigenvalue weighted by Gasteiger charge is 2.17. The fourth-order valence-corrected chi connectivity index (χ4v) is 2.97. The van der Waals surface area contributed by atoms with Crippen LogP contribution in [0.4, 0.5) is 14.5 Å². The molecule has 1 unspecified atom stereocenters. The standard InChI is InChI=1S/C19H21F2N3O/c1-4-13-6-8-14-17(24(3)11-22-14)10-16(13)23-15-7-5-12(2)9-18(15)25-19(20)21/h5,7-11,13,19H,4,6H2,1-3H3. The fourth-order valence-electron chi connectivity index (χ4n) is 2.97. The average molecular weight is 345 g/mol. The molecule has 6 heteroatoms. The third kappa shape index (κ3) is 3.78. The molecule has 1 aromatic carbocycles. The number of alkyl halides is 2. The van der Waals surface area contributed by atoms with Crippen LogP contribution < -0.4 is 15.4 Å². The maximum absolute atomic E-state index is 12.7. The molecule has 0 fully saturated rings. The molecule has 1 aliphatic carbocycles. The Kier molecular flexibility index (Phi) is 4.97. The van der Waals surface area contributed by atoms with Gasteiger partial charge in [-0.1, -0.05) is 19.1 Å². The van der Waals surface area contributed by atoms with Crippen LogP contribution in [0.25, 0.3) is 12.2 Å². The minimum Gasteiger partial charge on any atom is -0.433 e. The molecule has 0 spiro atoms. The molecule has 0 amide bonds. The Bertz CT molecular complexity index is 915. The number of nitrogens with zero attached hydrogens (tertiary/aromatic N) is 3. The minimum atomic E-state index is -2.88. The quantitative estimate of drug-likeness (QED) is 0.854. The molecule has 3 rings (SSSR count). The van der Waals surface area contributed by atoms with E-state index in [2.05, 4.69) is 27.7 Å². The largest absolute Gasteiger partial charge is 0.433 e. The summed E-state index contributed by atoms with van der Waals surface area (Å²) in [7, 11) is 1.93. The summed E-state index contributed by atoms with van der Waals surface area (Å²) >= 11 is 0. The van der Waals surface area contributed by atoms with E-state index in [1.54, 1.807) is 18.5 Å². The molecule has 0 aliphatic heterocycles. The van der Waals surface area contributed by atoms with Crippen LogP contribution in [-0.4, -0.2) is 21.9 Å². The van der Waals surface area contributed by atoms with E-state index < -0.39 is 6.61 Å². The Hall–Kier alpha value is -2.50. The summed E-state index contributed by atoms with van der Waals surface area (Å²) in [5.74, 6) is 0.305. The SMILES string of the molecule is CCC1CC=c2ncn(C)c2=CC1=Nc1ccc(C)cc1OC(F)F. The van der Waals surface area contributed by atoms with Gasteiger partial charge in [0.05, 0.1) is 17.0 Å². The first-order valence-electron chi connectivity index (χ1n) is 8.31. The highest BCUT2D eigenvalue weighted by atomic mass is 19.3. The number of hydrogen-bond donors (Lipinski definition) is 0. The zero-order valence-corrected chi connectivity index (χ0v) is 14.5. The molecule has 0 saturated heterocycles. The Labute approximate surface area is 145 Å². The van der Waals surface area contributed by atoms with E-state index in [1.807, 2.05) is 30.7 Å². The first-order chi connectivity index (χ1) is 12.0. The second kappa shape index (κ2) is 7.17. The predicted molar refractivity (Wildman–Crippen MR) is 94.7 cm³/mol. The van der Waals surface area contributed by atoms with Gasteiger partial charge in [-0.15, -0.1) is 0 Å². The van der Waals surface area contributed by atoms with Crippen LogP contribution in [0.2, 0.25) is 0 Å². The zero-order valence-electron chi connectivity index (χ0n) is 14.5. The lowest BCUT2D eigenvalue weighted by Crippen LogP contribution is -2.29. The fraction of sp³-hybridized carbons (Fsp3) is 0.368. The number of halogens is 2. The Balaban J connectivity index is 2.13. The van der Waals surface area contributed by atoms with E-state index in [0.29, 0.717) is 5.69 Å². The summed E-state index contributed by atoms with van der Waals surface area (Å²) in [5, 5.41) is 1.90. The molecule has 1 aromatic heterocycles. The van der Waals surface area contributed by atoms with Gasteiger partial charge >= 0.3 is 6.61 Å². The number of aromatic nitrogens is 2. The van der Waals surface area contributed by atoms with Crippen molar-refractivity contribution in [3.63, 3.8) is 0 Å². The number of benzene rings is 1. The summed E-state index contributed by atoms with van der Waals surface area (Å²) in [4.78, 5) is 9.08. The first kappa shape index (κ1) is 17.3. The highest BCUT2D eigenvalue weighted by molar-refractivity contribution is 6.13. The molecule has 1 aliphatic rings. The van der Waals surface area contributed by atoms with Crippen LogP contribution >= 0.6 is 0 Å². The molecule has 1 atom stereocenters. The van der Waals surface area contributed by atoms with Gasteiger partial charge in [0.2, 0.25) is 0 Å². The van der Waals surface area contributed by atoms with Crippen LogP contribution in [0.5, 0.6) is 5.75 Å². The number of aryl methyl sites for hydroxylation is 2. The van der Waals surface area contributed by atoms with Crippen molar-refractivity contribution in [2.45, 2.75) is 33.3 Å². The molecule has 1 heterocycles. The van der Waals surface area contributed by atoms with Crippen molar-refractivity contribution in [2.24, 2.45) is 18.0 Å². The molecular weight excluding hydrogens is 324 g/mol. The van der Waals surface area contributed by atoms with Crippen LogP contribution in [0, 0.1) is 12.8 Å². The molecule has 0 saturated carbocycles. The molecule has 0 bridgehead atoms. The van der Waals surface area contributed by atoms with E-state index in [0.717, 1.165) is 34.8 Å². The number of ether oxygens (including phenoxy) is 1. The van der Waals surface area contributed by atoms with Crippen molar-refractivity contribution in [3.05, 3.63) is 40.8 Å². The molecule has 0 radical (unpaired) electrons. The van der Waals surface area contributed by atoms with Gasteiger partial charge in [-0.05, 0) is 43.5 Å². The van der Waals surface area contributed by atoms with Crippen molar-refractivity contribution >= 4 is 23.6 Å². The zero-order chi connectivity index (χ0) is 18.0. The number of hydrogen-bond acceptors (Lipinski definition) is 3. The lowest BCUT2D eigenvalue weighted by Gasteiger charge is -2.14. The monoisotopic (exact) mass is 345 g/mol. The van der Waals surface area contributed by atoms with Crippen LogP contribution in [0.1, 0.15) is 25.3 Å². The molecule has 2 aromatic rings. The number of aliphatic imine (C=N–C) groups is 1. The normalized spacial score (nSPS) is 18.5. The molecule has 25 heavy (non-hydrogen) atoms. The maximum Gasteiger partial charge on any atom is 0.387 e. The summed E-state index contributed by atoms with van der Waals surface area (Å²) in [6.07, 6.45) is 7.57. The summed E-state index contributed by atoms with van der Waals surface area (Å²) in [6.45, 7) is 1.05. The Morgan fingerprint density at radius 2 is 2.20 bits per heavy atom. The first-order valence-corrected chi connectivity index (χ1v) is 8.31. The topological polar surface area (TPSA) is 39.4 Å². The van der Waals surface area contributed by atoms with Gasteiger partial charge in [0.1, 0.15) is 5.69 Å². The van der Waals surface area contributed by atoms with Gasteiger partial charge in [0, 0.05) is 18.7 Å². The lowest BCUT2D eigenvalue weighted by molar-refractivity contribution is -0.0494. The van der Waals surface area contributed by atoms with Gasteiger partial charge in [-0.3, -0.25) is 0 Å². The molecular formula is C19H21F2N3O. The van der Waals surface area contributed by atoms with E-state index in [9.17, 15) is 8.78 Å². The maximum atomic E-state index is 12.7. The Morgan fingerprint density at radius 3 is 2.92 bits per heavy atom. The minimum absolute atomic E-state index is 0.101. The third-order valence-electron chi connectivity index (χ3n) is 4.38. The lowest BCUT2D eigenvalue weighted by atomic mass is 9.97. The Morgan fingerprint density at radius 1 is 1.40 bits per heavy atom. The number of fused-ring (bicyclic) bond motifs is 1. The predicted octanol–water partition coefficient (Wildman–Crippen LogP) is 3.09. The van der Waals surface area contributed by atoms with Crippen molar-refractivity contribution < 1.29 is 13.5 Å². The average Bonchev–Trinajstić information content (AvgIpc) is 2.80. The van der Waals surface area contributed by atoms with Gasteiger partial charge in [0.15, 0.2) is 5.75 Å². The van der Waals surface area contributed by atoms with Gasteiger partial charge in [-0.25, -0.2) is 9.98 Å². The summed E-state index contributed by atoms with van der Waals surface area (Å²) in [5.41, 5.74) is 2.11. The number of imidazole rings is 1. The van der Waals surface area contributed by atoms with Crippen LogP contribution in [0.3, 0.4) is 0 Å². The van der Waals surface area contributed by atoms with E-state index in [1.165, 1.54) is 0 Å². The smallest absolute Gasteiger partial charge is 0.387 e. The van der Waals surface area contributed by atoms with Crippen molar-refractivity contribution in [2.75, 3.05) is 0 Å². The van der Waals surface area contributed by atoms with Crippen molar-refractivity contribution in [1.82, 2.24) is 9.55 Å². The van der Waals surface area contributed by atoms with Crippen molar-refractivity contribution in [3.8, 4) is 5.75 Å². The van der Waals surface area contributed by atoms with E-state index in [4.69, 9.17) is 0 Å². The van der Waals surface area contributed by atoms with Crippen LogP contribution in [0.15, 0.2) is 29.5 Å².